The molecule has 0 aliphatic heterocycles. The van der Waals surface area contributed by atoms with Crippen LogP contribution in [-0.2, 0) is 15.3 Å². The van der Waals surface area contributed by atoms with Crippen molar-refractivity contribution in [2.45, 2.75) is 12.1 Å². The zero-order valence-electron chi connectivity index (χ0n) is 8.49. The Morgan fingerprint density at radius 3 is 2.12 bits per heavy atom. The first-order chi connectivity index (χ1) is 7.39. The maximum Gasteiger partial charge on any atom is 0.371 e. The highest BCUT2D eigenvalue weighted by Crippen LogP contribution is 2.21. The van der Waals surface area contributed by atoms with Gasteiger partial charge in [0, 0.05) is 11.1 Å². The Hall–Kier alpha value is -1.47. The topological polar surface area (TPSA) is 107 Å². The van der Waals surface area contributed by atoms with Crippen molar-refractivity contribution in [2.75, 3.05) is 7.11 Å². The molecule has 0 aliphatic rings. The lowest BCUT2D eigenvalue weighted by molar-refractivity contribution is -0.211. The van der Waals surface area contributed by atoms with Gasteiger partial charge in [-0.05, 0) is 0 Å². The number of aliphatic hydroxyl groups is 4. The summed E-state index contributed by atoms with van der Waals surface area (Å²) >= 11 is 0. The second-order valence-corrected chi connectivity index (χ2v) is 3.16. The van der Waals surface area contributed by atoms with Gasteiger partial charge in [-0.1, -0.05) is 24.3 Å². The van der Waals surface area contributed by atoms with E-state index in [0.717, 1.165) is 7.11 Å². The molecule has 0 heterocycles. The summed E-state index contributed by atoms with van der Waals surface area (Å²) in [6.45, 7) is 0. The Kier molecular flexibility index (Phi) is 3.61. The van der Waals surface area contributed by atoms with Crippen LogP contribution in [0.3, 0.4) is 0 Å². The minimum atomic E-state index is -2.74. The summed E-state index contributed by atoms with van der Waals surface area (Å²) in [6.07, 6.45) is -1.65. The maximum atomic E-state index is 11.0. The van der Waals surface area contributed by atoms with Gasteiger partial charge in [0.15, 0.2) is 6.29 Å². The molecule has 6 heteroatoms. The first kappa shape index (κ1) is 12.6. The molecule has 0 aliphatic carbocycles. The molecule has 0 amide bonds. The van der Waals surface area contributed by atoms with Crippen molar-refractivity contribution in [2.24, 2.45) is 0 Å². The smallest absolute Gasteiger partial charge is 0.371 e. The summed E-state index contributed by atoms with van der Waals surface area (Å²) in [5.74, 6) is -3.96. The van der Waals surface area contributed by atoms with Crippen LogP contribution in [0.5, 0.6) is 0 Å². The predicted octanol–water partition coefficient (Wildman–Crippen LogP) is -1.02. The zero-order valence-corrected chi connectivity index (χ0v) is 8.49. The Balaban J connectivity index is 3.01. The number of methoxy groups -OCH3 is 1. The lowest BCUT2D eigenvalue weighted by Gasteiger charge is -2.19. The van der Waals surface area contributed by atoms with Gasteiger partial charge >= 0.3 is 5.97 Å². The van der Waals surface area contributed by atoms with Crippen LogP contribution in [0.4, 0.5) is 0 Å². The van der Waals surface area contributed by atoms with Crippen molar-refractivity contribution in [3.05, 3.63) is 35.4 Å². The molecule has 0 radical (unpaired) electrons. The summed E-state index contributed by atoms with van der Waals surface area (Å²) in [7, 11) is 1.02. The van der Waals surface area contributed by atoms with Crippen molar-refractivity contribution in [1.82, 2.24) is 0 Å². The molecule has 0 saturated carbocycles. The van der Waals surface area contributed by atoms with E-state index < -0.39 is 18.0 Å². The van der Waals surface area contributed by atoms with Crippen LogP contribution in [0.25, 0.3) is 0 Å². The predicted molar refractivity (Wildman–Crippen MR) is 51.8 cm³/mol. The number of hydrogen-bond acceptors (Lipinski definition) is 6. The van der Waals surface area contributed by atoms with E-state index in [0.29, 0.717) is 0 Å². The number of aliphatic hydroxyl groups excluding tert-OH is 1. The molecule has 1 aromatic rings. The van der Waals surface area contributed by atoms with Gasteiger partial charge in [0.25, 0.3) is 5.79 Å². The first-order valence-corrected chi connectivity index (χ1v) is 4.39. The van der Waals surface area contributed by atoms with Crippen molar-refractivity contribution in [3.63, 3.8) is 0 Å². The van der Waals surface area contributed by atoms with Gasteiger partial charge < -0.3 is 25.2 Å². The number of rotatable bonds is 3. The number of ether oxygens (including phenoxy) is 1. The number of carbonyl (C=O) groups excluding carboxylic acids is 1. The molecule has 0 fully saturated rings. The van der Waals surface area contributed by atoms with Crippen molar-refractivity contribution < 1.29 is 30.0 Å². The number of esters is 1. The van der Waals surface area contributed by atoms with Crippen LogP contribution < -0.4 is 0 Å². The Bertz CT molecular complexity index is 367. The highest BCUT2D eigenvalue weighted by atomic mass is 16.6. The fourth-order valence-corrected chi connectivity index (χ4v) is 1.15. The highest BCUT2D eigenvalue weighted by molar-refractivity contribution is 5.78. The van der Waals surface area contributed by atoms with Gasteiger partial charge in [0.05, 0.1) is 7.11 Å². The largest absolute Gasteiger partial charge is 0.465 e. The summed E-state index contributed by atoms with van der Waals surface area (Å²) in [6, 6.07) is 4.88. The Morgan fingerprint density at radius 1 is 1.25 bits per heavy atom. The molecule has 4 N–H and O–H groups in total. The first-order valence-electron chi connectivity index (χ1n) is 4.39. The Morgan fingerprint density at radius 2 is 1.75 bits per heavy atom. The summed E-state index contributed by atoms with van der Waals surface area (Å²) in [5, 5.41) is 36.5. The molecule has 88 valence electrons. The molecule has 16 heavy (non-hydrogen) atoms. The third kappa shape index (κ3) is 2.37. The van der Waals surface area contributed by atoms with Gasteiger partial charge in [0.1, 0.15) is 0 Å². The molecular formula is C10H12O6. The van der Waals surface area contributed by atoms with Crippen LogP contribution in [0.2, 0.25) is 0 Å². The van der Waals surface area contributed by atoms with Crippen molar-refractivity contribution in [3.8, 4) is 0 Å². The molecule has 0 unspecified atom stereocenters. The molecule has 0 aromatic heterocycles. The molecule has 0 atom stereocenters. The van der Waals surface area contributed by atoms with Gasteiger partial charge in [-0.15, -0.1) is 0 Å². The summed E-state index contributed by atoms with van der Waals surface area (Å²) in [4.78, 5) is 11.0. The average molecular weight is 228 g/mol. The van der Waals surface area contributed by atoms with Crippen LogP contribution >= 0.6 is 0 Å². The van der Waals surface area contributed by atoms with Crippen molar-refractivity contribution >= 4 is 5.97 Å². The Labute approximate surface area is 91.3 Å². The average Bonchev–Trinajstić information content (AvgIpc) is 2.28. The number of benzene rings is 1. The van der Waals surface area contributed by atoms with Crippen LogP contribution in [0, 0.1) is 0 Å². The number of carbonyl (C=O) groups is 1. The third-order valence-electron chi connectivity index (χ3n) is 2.08. The van der Waals surface area contributed by atoms with E-state index in [1.807, 2.05) is 0 Å². The summed E-state index contributed by atoms with van der Waals surface area (Å²) in [5.41, 5.74) is 0.0492. The van der Waals surface area contributed by atoms with E-state index in [1.165, 1.54) is 24.3 Å². The second kappa shape index (κ2) is 4.58. The van der Waals surface area contributed by atoms with Crippen LogP contribution in [0.1, 0.15) is 17.4 Å². The molecule has 0 saturated heterocycles. The zero-order chi connectivity index (χ0) is 12.3. The van der Waals surface area contributed by atoms with Gasteiger partial charge in [-0.25, -0.2) is 4.79 Å². The van der Waals surface area contributed by atoms with E-state index >= 15 is 0 Å². The molecule has 0 bridgehead atoms. The fraction of sp³-hybridized carbons (Fsp3) is 0.300. The third-order valence-corrected chi connectivity index (χ3v) is 2.08. The molecule has 6 nitrogen and oxygen atoms in total. The number of hydrogen-bond donors (Lipinski definition) is 4. The van der Waals surface area contributed by atoms with E-state index in [1.54, 1.807) is 0 Å². The second-order valence-electron chi connectivity index (χ2n) is 3.16. The molecular weight excluding hydrogens is 216 g/mol. The van der Waals surface area contributed by atoms with E-state index in [-0.39, 0.29) is 11.1 Å². The molecule has 0 spiro atoms. The summed E-state index contributed by atoms with van der Waals surface area (Å²) < 4.78 is 4.21. The van der Waals surface area contributed by atoms with Crippen LogP contribution in [0.15, 0.2) is 24.3 Å². The normalized spacial score (nSPS) is 11.6. The lowest BCUT2D eigenvalue weighted by Crippen LogP contribution is -2.36. The fourth-order valence-electron chi connectivity index (χ4n) is 1.15. The van der Waals surface area contributed by atoms with E-state index in [4.69, 9.17) is 10.2 Å². The van der Waals surface area contributed by atoms with E-state index in [9.17, 15) is 15.0 Å². The van der Waals surface area contributed by atoms with Gasteiger partial charge in [0.2, 0.25) is 0 Å². The quantitative estimate of drug-likeness (QED) is 0.389. The SMILES string of the molecule is COC(=O)C(O)(O)c1ccc(C(O)O)cc1. The van der Waals surface area contributed by atoms with Crippen molar-refractivity contribution in [1.29, 1.82) is 0 Å². The highest BCUT2D eigenvalue weighted by Gasteiger charge is 2.36. The lowest BCUT2D eigenvalue weighted by atomic mass is 10.0. The monoisotopic (exact) mass is 228 g/mol. The maximum absolute atomic E-state index is 11.0. The van der Waals surface area contributed by atoms with E-state index in [2.05, 4.69) is 4.74 Å². The minimum absolute atomic E-state index is 0.122. The molecule has 1 rings (SSSR count). The van der Waals surface area contributed by atoms with Crippen LogP contribution in [-0.4, -0.2) is 33.5 Å². The minimum Gasteiger partial charge on any atom is -0.465 e. The van der Waals surface area contributed by atoms with Gasteiger partial charge in [-0.2, -0.15) is 0 Å². The standard InChI is InChI=1S/C10H12O6/c1-16-9(13)10(14,15)7-4-2-6(3-5-7)8(11)12/h2-5,8,11-12,14-15H,1H3. The molecule has 1 aromatic carbocycles. The van der Waals surface area contributed by atoms with Gasteiger partial charge in [-0.3, -0.25) is 0 Å².